The molecule has 8 nitrogen and oxygen atoms in total. The van der Waals surface area contributed by atoms with Crippen molar-refractivity contribution in [1.82, 2.24) is 14.8 Å². The number of benzene rings is 2. The fraction of sp³-hybridized carbons (Fsp3) is 0.130. The molecule has 2 aromatic carbocycles. The minimum absolute atomic E-state index is 0.248. The Morgan fingerprint density at radius 3 is 2.56 bits per heavy atom. The van der Waals surface area contributed by atoms with Gasteiger partial charge in [0.2, 0.25) is 5.88 Å². The maximum absolute atomic E-state index is 12.3. The molecule has 0 unspecified atom stereocenters. The molecular formula is C23H19ClN4O4. The predicted octanol–water partition coefficient (Wildman–Crippen LogP) is 3.94. The van der Waals surface area contributed by atoms with Crippen molar-refractivity contribution in [2.45, 2.75) is 6.54 Å². The molecule has 0 bridgehead atoms. The first-order valence-electron chi connectivity index (χ1n) is 9.70. The molecule has 0 saturated carbocycles. The highest BCUT2D eigenvalue weighted by molar-refractivity contribution is 6.30. The summed E-state index contributed by atoms with van der Waals surface area (Å²) < 4.78 is 12.1. The number of methoxy groups -OCH3 is 1. The number of halogens is 1. The highest BCUT2D eigenvalue weighted by Gasteiger charge is 2.14. The van der Waals surface area contributed by atoms with Gasteiger partial charge in [0, 0.05) is 11.2 Å². The van der Waals surface area contributed by atoms with Crippen LogP contribution < -0.4 is 10.1 Å². The second-order valence-electron chi connectivity index (χ2n) is 6.87. The zero-order valence-electron chi connectivity index (χ0n) is 17.1. The van der Waals surface area contributed by atoms with Crippen molar-refractivity contribution in [2.24, 2.45) is 0 Å². The summed E-state index contributed by atoms with van der Waals surface area (Å²) in [5.41, 5.74) is 2.21. The lowest BCUT2D eigenvalue weighted by molar-refractivity contribution is -0.118. The fourth-order valence-corrected chi connectivity index (χ4v) is 3.23. The summed E-state index contributed by atoms with van der Waals surface area (Å²) in [6.07, 6.45) is 1.33. The number of ether oxygens (including phenoxy) is 2. The van der Waals surface area contributed by atoms with Crippen molar-refractivity contribution in [3.8, 4) is 5.88 Å². The van der Waals surface area contributed by atoms with Crippen LogP contribution in [-0.2, 0) is 16.1 Å². The number of rotatable bonds is 7. The number of amides is 1. The van der Waals surface area contributed by atoms with E-state index in [1.807, 2.05) is 53.2 Å². The van der Waals surface area contributed by atoms with E-state index in [1.54, 1.807) is 0 Å². The average Bonchev–Trinajstić information content (AvgIpc) is 3.16. The number of carbonyl (C=O) groups excluding carboxylic acids is 2. The number of pyridine rings is 1. The number of nitrogens with zero attached hydrogens (tertiary/aromatic N) is 3. The molecule has 4 aromatic rings. The SMILES string of the molecule is COC(=O)c1ccc(NC(=O)COc2nn(Cc3ccc(Cl)cc3)c3ccccc23)nc1. The quantitative estimate of drug-likeness (QED) is 0.428. The van der Waals surface area contributed by atoms with E-state index < -0.39 is 11.9 Å². The Morgan fingerprint density at radius 1 is 1.06 bits per heavy atom. The molecule has 0 atom stereocenters. The molecule has 9 heteroatoms. The Bertz CT molecular complexity index is 1250. The monoisotopic (exact) mass is 450 g/mol. The number of hydrogen-bond donors (Lipinski definition) is 1. The molecule has 0 aliphatic rings. The molecule has 4 rings (SSSR count). The van der Waals surface area contributed by atoms with Gasteiger partial charge in [-0.05, 0) is 42.0 Å². The largest absolute Gasteiger partial charge is 0.466 e. The van der Waals surface area contributed by atoms with Crippen LogP contribution in [0.1, 0.15) is 15.9 Å². The van der Waals surface area contributed by atoms with Crippen LogP contribution in [0, 0.1) is 0 Å². The van der Waals surface area contributed by atoms with Crippen molar-refractivity contribution in [1.29, 1.82) is 0 Å². The van der Waals surface area contributed by atoms with Gasteiger partial charge in [0.25, 0.3) is 5.91 Å². The smallest absolute Gasteiger partial charge is 0.339 e. The molecule has 0 spiro atoms. The van der Waals surface area contributed by atoms with Crippen molar-refractivity contribution in [2.75, 3.05) is 19.0 Å². The first-order valence-corrected chi connectivity index (χ1v) is 10.1. The number of para-hydroxylation sites is 1. The Labute approximate surface area is 188 Å². The highest BCUT2D eigenvalue weighted by atomic mass is 35.5. The maximum Gasteiger partial charge on any atom is 0.339 e. The van der Waals surface area contributed by atoms with Crippen molar-refractivity contribution in [3.05, 3.63) is 83.0 Å². The first-order chi connectivity index (χ1) is 15.5. The summed E-state index contributed by atoms with van der Waals surface area (Å²) in [5, 5.41) is 8.63. The molecule has 1 amide bonds. The van der Waals surface area contributed by atoms with E-state index in [1.165, 1.54) is 25.4 Å². The number of fused-ring (bicyclic) bond motifs is 1. The minimum Gasteiger partial charge on any atom is -0.466 e. The second-order valence-corrected chi connectivity index (χ2v) is 7.30. The molecule has 32 heavy (non-hydrogen) atoms. The van der Waals surface area contributed by atoms with Crippen LogP contribution in [-0.4, -0.2) is 40.4 Å². The molecule has 0 aliphatic carbocycles. The van der Waals surface area contributed by atoms with Gasteiger partial charge in [-0.2, -0.15) is 0 Å². The van der Waals surface area contributed by atoms with Crippen LogP contribution >= 0.6 is 11.6 Å². The van der Waals surface area contributed by atoms with E-state index in [0.29, 0.717) is 28.8 Å². The van der Waals surface area contributed by atoms with Crippen molar-refractivity contribution >= 4 is 40.2 Å². The molecule has 162 valence electrons. The van der Waals surface area contributed by atoms with Crippen LogP contribution in [0.5, 0.6) is 5.88 Å². The lowest BCUT2D eigenvalue weighted by atomic mass is 10.2. The number of carbonyl (C=O) groups is 2. The number of anilines is 1. The third-order valence-electron chi connectivity index (χ3n) is 4.66. The van der Waals surface area contributed by atoms with Gasteiger partial charge in [-0.1, -0.05) is 35.9 Å². The van der Waals surface area contributed by atoms with Gasteiger partial charge in [0.05, 0.1) is 30.1 Å². The summed E-state index contributed by atoms with van der Waals surface area (Å²) in [6, 6.07) is 18.2. The molecular weight excluding hydrogens is 432 g/mol. The third-order valence-corrected chi connectivity index (χ3v) is 4.91. The summed E-state index contributed by atoms with van der Waals surface area (Å²) in [7, 11) is 1.29. The molecule has 0 fully saturated rings. The van der Waals surface area contributed by atoms with E-state index in [-0.39, 0.29) is 6.61 Å². The predicted molar refractivity (Wildman–Crippen MR) is 120 cm³/mol. The Morgan fingerprint density at radius 2 is 1.84 bits per heavy atom. The Kier molecular flexibility index (Phi) is 6.32. The number of nitrogens with one attached hydrogen (secondary N) is 1. The number of hydrogen-bond acceptors (Lipinski definition) is 6. The maximum atomic E-state index is 12.3. The van der Waals surface area contributed by atoms with Gasteiger partial charge in [-0.15, -0.1) is 5.10 Å². The molecule has 2 heterocycles. The number of esters is 1. The van der Waals surface area contributed by atoms with Gasteiger partial charge >= 0.3 is 5.97 Å². The summed E-state index contributed by atoms with van der Waals surface area (Å²) in [6.45, 7) is 0.284. The molecule has 1 N–H and O–H groups in total. The number of aromatic nitrogens is 3. The lowest BCUT2D eigenvalue weighted by Gasteiger charge is -2.06. The van der Waals surface area contributed by atoms with Crippen LogP contribution in [0.25, 0.3) is 10.9 Å². The molecule has 0 aliphatic heterocycles. The summed E-state index contributed by atoms with van der Waals surface area (Å²) >= 11 is 5.97. The van der Waals surface area contributed by atoms with Crippen molar-refractivity contribution < 1.29 is 19.1 Å². The molecule has 2 aromatic heterocycles. The fourth-order valence-electron chi connectivity index (χ4n) is 3.11. The third kappa shape index (κ3) is 4.87. The topological polar surface area (TPSA) is 95.3 Å². The average molecular weight is 451 g/mol. The van der Waals surface area contributed by atoms with Gasteiger partial charge in [-0.25, -0.2) is 9.78 Å². The standard InChI is InChI=1S/C23H19ClN4O4/c1-31-23(30)16-8-11-20(25-12-16)26-21(29)14-32-22-18-4-2-3-5-19(18)28(27-22)13-15-6-9-17(24)10-7-15/h2-12H,13-14H2,1H3,(H,25,26,29). The Balaban J connectivity index is 1.44. The second kappa shape index (κ2) is 9.49. The van der Waals surface area contributed by atoms with Crippen LogP contribution in [0.3, 0.4) is 0 Å². The van der Waals surface area contributed by atoms with E-state index in [2.05, 4.69) is 20.1 Å². The van der Waals surface area contributed by atoms with E-state index in [9.17, 15) is 9.59 Å². The summed E-state index contributed by atoms with van der Waals surface area (Å²) in [5.74, 6) is -0.248. The van der Waals surface area contributed by atoms with E-state index in [4.69, 9.17) is 16.3 Å². The first kappa shape index (κ1) is 21.3. The van der Waals surface area contributed by atoms with E-state index >= 15 is 0 Å². The van der Waals surface area contributed by atoms with Crippen LogP contribution in [0.2, 0.25) is 5.02 Å². The van der Waals surface area contributed by atoms with Crippen LogP contribution in [0.4, 0.5) is 5.82 Å². The summed E-state index contributed by atoms with van der Waals surface area (Å²) in [4.78, 5) is 27.8. The van der Waals surface area contributed by atoms with E-state index in [0.717, 1.165) is 16.5 Å². The normalized spacial score (nSPS) is 10.7. The zero-order valence-corrected chi connectivity index (χ0v) is 17.9. The highest BCUT2D eigenvalue weighted by Crippen LogP contribution is 2.25. The van der Waals surface area contributed by atoms with Crippen LogP contribution in [0.15, 0.2) is 66.9 Å². The van der Waals surface area contributed by atoms with Gasteiger partial charge in [-0.3, -0.25) is 9.48 Å². The lowest BCUT2D eigenvalue weighted by Crippen LogP contribution is -2.21. The zero-order chi connectivity index (χ0) is 22.5. The molecule has 0 radical (unpaired) electrons. The van der Waals surface area contributed by atoms with Gasteiger partial charge in [0.15, 0.2) is 6.61 Å². The van der Waals surface area contributed by atoms with Crippen molar-refractivity contribution in [3.63, 3.8) is 0 Å². The van der Waals surface area contributed by atoms with Gasteiger partial charge in [0.1, 0.15) is 5.82 Å². The molecule has 0 saturated heterocycles. The Hall–Kier alpha value is -3.91. The van der Waals surface area contributed by atoms with Gasteiger partial charge < -0.3 is 14.8 Å². The minimum atomic E-state index is -0.500.